The average molecular weight is 477 g/mol. The molecule has 2 aromatic carbocycles. The summed E-state index contributed by atoms with van der Waals surface area (Å²) < 4.78 is 10.6. The summed E-state index contributed by atoms with van der Waals surface area (Å²) in [5.41, 5.74) is 9.79. The fraction of sp³-hybridized carbons (Fsp3) is 0.414. The smallest absolute Gasteiger partial charge is 0.306 e. The van der Waals surface area contributed by atoms with Gasteiger partial charge in [0.1, 0.15) is 0 Å². The highest BCUT2D eigenvalue weighted by Gasteiger charge is 2.28. The first-order valence-corrected chi connectivity index (χ1v) is 11.9. The fourth-order valence-corrected chi connectivity index (χ4v) is 4.64. The lowest BCUT2D eigenvalue weighted by atomic mass is 9.89. The normalized spacial score (nSPS) is 11.9. The monoisotopic (exact) mass is 476 g/mol. The minimum Gasteiger partial charge on any atom is -0.469 e. The third-order valence-corrected chi connectivity index (χ3v) is 7.42. The number of ether oxygens (including phenoxy) is 1. The van der Waals surface area contributed by atoms with Crippen LogP contribution in [-0.2, 0) is 20.9 Å². The van der Waals surface area contributed by atoms with Crippen molar-refractivity contribution in [2.45, 2.75) is 66.8 Å². The molecule has 1 atom stereocenters. The van der Waals surface area contributed by atoms with E-state index in [-0.39, 0.29) is 24.7 Å². The number of methoxy groups -OCH3 is 1. The molecule has 1 aromatic heterocycles. The zero-order valence-corrected chi connectivity index (χ0v) is 22.1. The summed E-state index contributed by atoms with van der Waals surface area (Å²) in [6.07, 6.45) is 0.188. The SMILES string of the molecule is COC(=O)C[C@@H](CC(=O)N(C)Cc1c(C)c(C)c(C)c(C)c1C)c1noc(-c2ccccc2)c1C. The predicted octanol–water partition coefficient (Wildman–Crippen LogP) is 5.89. The van der Waals surface area contributed by atoms with Gasteiger partial charge < -0.3 is 14.2 Å². The van der Waals surface area contributed by atoms with Crippen molar-refractivity contribution in [3.63, 3.8) is 0 Å². The zero-order chi connectivity index (χ0) is 25.9. The van der Waals surface area contributed by atoms with Gasteiger partial charge >= 0.3 is 5.97 Å². The molecule has 0 N–H and O–H groups in total. The summed E-state index contributed by atoms with van der Waals surface area (Å²) in [6, 6.07) is 9.69. The first kappa shape index (κ1) is 26.2. The second-order valence-electron chi connectivity index (χ2n) is 9.42. The zero-order valence-electron chi connectivity index (χ0n) is 22.1. The summed E-state index contributed by atoms with van der Waals surface area (Å²) in [7, 11) is 3.16. The van der Waals surface area contributed by atoms with E-state index in [1.807, 2.05) is 44.3 Å². The summed E-state index contributed by atoms with van der Waals surface area (Å²) in [5.74, 6) is -0.238. The van der Waals surface area contributed by atoms with Crippen LogP contribution in [0.4, 0.5) is 0 Å². The minimum absolute atomic E-state index is 0.0541. The van der Waals surface area contributed by atoms with Gasteiger partial charge in [0.15, 0.2) is 5.76 Å². The summed E-state index contributed by atoms with van der Waals surface area (Å²) in [6.45, 7) is 13.1. The lowest BCUT2D eigenvalue weighted by Crippen LogP contribution is -2.29. The Hall–Kier alpha value is -3.41. The molecule has 0 bridgehead atoms. The molecule has 6 heteroatoms. The van der Waals surface area contributed by atoms with E-state index >= 15 is 0 Å². The van der Waals surface area contributed by atoms with Gasteiger partial charge in [0.05, 0.1) is 19.2 Å². The number of nitrogens with zero attached hydrogens (tertiary/aromatic N) is 2. The van der Waals surface area contributed by atoms with Gasteiger partial charge in [-0.15, -0.1) is 0 Å². The lowest BCUT2D eigenvalue weighted by molar-refractivity contribution is -0.141. The van der Waals surface area contributed by atoms with Gasteiger partial charge in [0.25, 0.3) is 0 Å². The van der Waals surface area contributed by atoms with Crippen LogP contribution in [0.2, 0.25) is 0 Å². The number of carbonyl (C=O) groups excluding carboxylic acids is 2. The number of hydrogen-bond acceptors (Lipinski definition) is 5. The molecule has 1 amide bonds. The van der Waals surface area contributed by atoms with E-state index in [9.17, 15) is 9.59 Å². The Morgan fingerprint density at radius 1 is 0.886 bits per heavy atom. The molecule has 35 heavy (non-hydrogen) atoms. The highest BCUT2D eigenvalue weighted by molar-refractivity contribution is 5.79. The first-order valence-electron chi connectivity index (χ1n) is 11.9. The van der Waals surface area contributed by atoms with Crippen LogP contribution >= 0.6 is 0 Å². The van der Waals surface area contributed by atoms with Crippen LogP contribution in [0, 0.1) is 41.5 Å². The molecule has 6 nitrogen and oxygen atoms in total. The molecule has 0 radical (unpaired) electrons. The van der Waals surface area contributed by atoms with Gasteiger partial charge in [0, 0.05) is 37.1 Å². The minimum atomic E-state index is -0.442. The highest BCUT2D eigenvalue weighted by atomic mass is 16.5. The third-order valence-electron chi connectivity index (χ3n) is 7.42. The number of hydrogen-bond donors (Lipinski definition) is 0. The van der Waals surface area contributed by atoms with Crippen molar-refractivity contribution >= 4 is 11.9 Å². The average Bonchev–Trinajstić information content (AvgIpc) is 3.25. The standard InChI is InChI=1S/C29H36N2O4/c1-17-18(2)20(4)25(21(5)19(17)3)16-31(7)26(32)14-24(15-27(33)34-8)28-22(6)29(35-30-28)23-12-10-9-11-13-23/h9-13,24H,14-16H2,1-8H3/t24-/m1/s1. The fourth-order valence-electron chi connectivity index (χ4n) is 4.64. The van der Waals surface area contributed by atoms with Crippen LogP contribution in [0.5, 0.6) is 0 Å². The molecule has 0 aliphatic rings. The third kappa shape index (κ3) is 5.47. The van der Waals surface area contributed by atoms with Crippen molar-refractivity contribution in [3.8, 4) is 11.3 Å². The van der Waals surface area contributed by atoms with Crippen LogP contribution in [0.15, 0.2) is 34.9 Å². The maximum absolute atomic E-state index is 13.4. The molecule has 186 valence electrons. The number of aromatic nitrogens is 1. The van der Waals surface area contributed by atoms with E-state index in [1.165, 1.54) is 40.5 Å². The van der Waals surface area contributed by atoms with Gasteiger partial charge in [0.2, 0.25) is 5.91 Å². The van der Waals surface area contributed by atoms with Gasteiger partial charge in [-0.2, -0.15) is 0 Å². The Balaban J connectivity index is 1.87. The molecule has 3 rings (SSSR count). The second-order valence-corrected chi connectivity index (χ2v) is 9.42. The van der Waals surface area contributed by atoms with E-state index in [0.29, 0.717) is 18.0 Å². The van der Waals surface area contributed by atoms with E-state index in [4.69, 9.17) is 9.26 Å². The Morgan fingerprint density at radius 3 is 2.03 bits per heavy atom. The van der Waals surface area contributed by atoms with Gasteiger partial charge in [-0.3, -0.25) is 9.59 Å². The Labute approximate surface area is 208 Å². The number of esters is 1. The maximum atomic E-state index is 13.4. The largest absolute Gasteiger partial charge is 0.469 e. The molecular formula is C29H36N2O4. The molecule has 1 heterocycles. The summed E-state index contributed by atoms with van der Waals surface area (Å²) >= 11 is 0. The van der Waals surface area contributed by atoms with Crippen LogP contribution in [0.25, 0.3) is 11.3 Å². The van der Waals surface area contributed by atoms with Crippen LogP contribution in [-0.4, -0.2) is 36.1 Å². The number of benzene rings is 2. The van der Waals surface area contributed by atoms with Crippen LogP contribution in [0.3, 0.4) is 0 Å². The molecule has 0 saturated heterocycles. The molecule has 0 saturated carbocycles. The van der Waals surface area contributed by atoms with Crippen LogP contribution < -0.4 is 0 Å². The van der Waals surface area contributed by atoms with Crippen molar-refractivity contribution in [2.75, 3.05) is 14.2 Å². The topological polar surface area (TPSA) is 72.6 Å². The summed E-state index contributed by atoms with van der Waals surface area (Å²) in [4.78, 5) is 27.3. The van der Waals surface area contributed by atoms with Crippen molar-refractivity contribution in [1.82, 2.24) is 10.1 Å². The first-order chi connectivity index (χ1) is 16.6. The van der Waals surface area contributed by atoms with Crippen molar-refractivity contribution < 1.29 is 18.8 Å². The Bertz CT molecular complexity index is 1200. The quantitative estimate of drug-likeness (QED) is 0.379. The maximum Gasteiger partial charge on any atom is 0.306 e. The lowest BCUT2D eigenvalue weighted by Gasteiger charge is -2.25. The molecule has 3 aromatic rings. The van der Waals surface area contributed by atoms with Crippen LogP contribution in [0.1, 0.15) is 63.4 Å². The van der Waals surface area contributed by atoms with E-state index < -0.39 is 5.92 Å². The molecular weight excluding hydrogens is 440 g/mol. The highest BCUT2D eigenvalue weighted by Crippen LogP contribution is 2.33. The Kier molecular flexibility index (Phi) is 8.15. The molecule has 0 aliphatic heterocycles. The van der Waals surface area contributed by atoms with E-state index in [2.05, 4.69) is 39.8 Å². The Morgan fingerprint density at radius 2 is 1.46 bits per heavy atom. The number of carbonyl (C=O) groups is 2. The number of amides is 1. The number of rotatable bonds is 8. The second kappa shape index (κ2) is 10.9. The van der Waals surface area contributed by atoms with Crippen molar-refractivity contribution in [2.24, 2.45) is 0 Å². The summed E-state index contributed by atoms with van der Waals surface area (Å²) in [5, 5.41) is 4.28. The molecule has 0 fully saturated rings. The van der Waals surface area contributed by atoms with Gasteiger partial charge in [-0.25, -0.2) is 0 Å². The van der Waals surface area contributed by atoms with Gasteiger partial charge in [-0.05, 0) is 74.9 Å². The molecule has 0 unspecified atom stereocenters. The van der Waals surface area contributed by atoms with Crippen molar-refractivity contribution in [1.29, 1.82) is 0 Å². The van der Waals surface area contributed by atoms with Crippen molar-refractivity contribution in [3.05, 3.63) is 75.0 Å². The van der Waals surface area contributed by atoms with Gasteiger partial charge in [-0.1, -0.05) is 35.5 Å². The van der Waals surface area contributed by atoms with E-state index in [1.54, 1.807) is 4.90 Å². The molecule has 0 aliphatic carbocycles. The predicted molar refractivity (Wildman–Crippen MR) is 137 cm³/mol. The van der Waals surface area contributed by atoms with E-state index in [0.717, 1.165) is 11.1 Å². The molecule has 0 spiro atoms.